The molecule has 0 radical (unpaired) electrons. The van der Waals surface area contributed by atoms with E-state index in [9.17, 15) is 0 Å². The van der Waals surface area contributed by atoms with Gasteiger partial charge in [-0.1, -0.05) is 25.5 Å². The molecular formula is C14H17NO. The van der Waals surface area contributed by atoms with Gasteiger partial charge in [0.2, 0.25) is 0 Å². The molecule has 0 spiro atoms. The molecule has 0 bridgehead atoms. The number of rotatable bonds is 3. The van der Waals surface area contributed by atoms with Crippen molar-refractivity contribution in [3.05, 3.63) is 35.9 Å². The Morgan fingerprint density at radius 3 is 2.69 bits per heavy atom. The Labute approximate surface area is 96.0 Å². The first-order valence-corrected chi connectivity index (χ1v) is 5.60. The summed E-state index contributed by atoms with van der Waals surface area (Å²) < 4.78 is 5.20. The molecule has 2 rings (SSSR count). The normalized spacial score (nSPS) is 10.6. The summed E-state index contributed by atoms with van der Waals surface area (Å²) in [5, 5.41) is 2.25. The first-order chi connectivity index (χ1) is 7.74. The van der Waals surface area contributed by atoms with Crippen molar-refractivity contribution in [1.82, 2.24) is 0 Å². The maximum atomic E-state index is 6.06. The van der Waals surface area contributed by atoms with Crippen LogP contribution in [0, 0.1) is 0 Å². The van der Waals surface area contributed by atoms with Crippen LogP contribution in [0.25, 0.3) is 10.8 Å². The van der Waals surface area contributed by atoms with Gasteiger partial charge in [-0.3, -0.25) is 0 Å². The van der Waals surface area contributed by atoms with Gasteiger partial charge in [0.05, 0.1) is 7.11 Å². The third-order valence-electron chi connectivity index (χ3n) is 2.79. The van der Waals surface area contributed by atoms with Crippen molar-refractivity contribution in [2.45, 2.75) is 19.8 Å². The van der Waals surface area contributed by atoms with E-state index in [1.54, 1.807) is 7.11 Å². The standard InChI is InChI=1S/C14H17NO/c1-3-4-10-7-11-5-6-12(16-2)9-13(11)14(15)8-10/h5-9H,3-4,15H2,1-2H3. The molecule has 0 saturated carbocycles. The third-order valence-corrected chi connectivity index (χ3v) is 2.79. The van der Waals surface area contributed by atoms with Crippen LogP contribution in [-0.4, -0.2) is 7.11 Å². The molecule has 2 nitrogen and oxygen atoms in total. The number of nitrogens with two attached hydrogens (primary N) is 1. The Morgan fingerprint density at radius 1 is 1.19 bits per heavy atom. The minimum atomic E-state index is 0.833. The first-order valence-electron chi connectivity index (χ1n) is 5.60. The Bertz CT molecular complexity index is 505. The van der Waals surface area contributed by atoms with Crippen LogP contribution in [0.4, 0.5) is 5.69 Å². The highest BCUT2D eigenvalue weighted by molar-refractivity contribution is 5.94. The van der Waals surface area contributed by atoms with E-state index in [-0.39, 0.29) is 0 Å². The summed E-state index contributed by atoms with van der Waals surface area (Å²) >= 11 is 0. The summed E-state index contributed by atoms with van der Waals surface area (Å²) in [4.78, 5) is 0. The minimum Gasteiger partial charge on any atom is -0.497 e. The van der Waals surface area contributed by atoms with E-state index in [1.165, 1.54) is 10.9 Å². The lowest BCUT2D eigenvalue weighted by molar-refractivity contribution is 0.415. The number of aryl methyl sites for hydroxylation is 1. The molecule has 0 aliphatic rings. The van der Waals surface area contributed by atoms with E-state index in [0.29, 0.717) is 0 Å². The van der Waals surface area contributed by atoms with E-state index in [4.69, 9.17) is 10.5 Å². The highest BCUT2D eigenvalue weighted by Crippen LogP contribution is 2.27. The molecule has 0 saturated heterocycles. The molecule has 0 amide bonds. The van der Waals surface area contributed by atoms with Crippen molar-refractivity contribution in [3.63, 3.8) is 0 Å². The van der Waals surface area contributed by atoms with Crippen molar-refractivity contribution in [2.24, 2.45) is 0 Å². The second kappa shape index (κ2) is 4.44. The number of hydrogen-bond donors (Lipinski definition) is 1. The Hall–Kier alpha value is -1.70. The van der Waals surface area contributed by atoms with Crippen LogP contribution >= 0.6 is 0 Å². The van der Waals surface area contributed by atoms with Crippen molar-refractivity contribution in [1.29, 1.82) is 0 Å². The predicted molar refractivity (Wildman–Crippen MR) is 68.9 cm³/mol. The molecule has 0 aromatic heterocycles. The average Bonchev–Trinajstić information content (AvgIpc) is 2.29. The van der Waals surface area contributed by atoms with Gasteiger partial charge < -0.3 is 10.5 Å². The van der Waals surface area contributed by atoms with E-state index >= 15 is 0 Å². The zero-order valence-electron chi connectivity index (χ0n) is 9.79. The summed E-state index contributed by atoms with van der Waals surface area (Å²) in [5.41, 5.74) is 8.19. The molecule has 84 valence electrons. The number of fused-ring (bicyclic) bond motifs is 1. The van der Waals surface area contributed by atoms with Gasteiger partial charge in [-0.15, -0.1) is 0 Å². The lowest BCUT2D eigenvalue weighted by atomic mass is 10.0. The molecule has 2 aromatic carbocycles. The van der Waals surface area contributed by atoms with Crippen LogP contribution in [0.15, 0.2) is 30.3 Å². The topological polar surface area (TPSA) is 35.2 Å². The summed E-state index contributed by atoms with van der Waals surface area (Å²) in [6, 6.07) is 10.3. The second-order valence-electron chi connectivity index (χ2n) is 4.02. The Balaban J connectivity index is 2.57. The van der Waals surface area contributed by atoms with E-state index in [0.717, 1.165) is 29.7 Å². The summed E-state index contributed by atoms with van der Waals surface area (Å²) in [5.74, 6) is 0.849. The summed E-state index contributed by atoms with van der Waals surface area (Å²) in [7, 11) is 1.67. The quantitative estimate of drug-likeness (QED) is 0.796. The van der Waals surface area contributed by atoms with Crippen molar-refractivity contribution in [2.75, 3.05) is 12.8 Å². The number of nitrogen functional groups attached to an aromatic ring is 1. The van der Waals surface area contributed by atoms with E-state index in [1.807, 2.05) is 12.1 Å². The fraction of sp³-hybridized carbons (Fsp3) is 0.286. The third kappa shape index (κ3) is 1.96. The van der Waals surface area contributed by atoms with Gasteiger partial charge in [0.1, 0.15) is 5.75 Å². The monoisotopic (exact) mass is 215 g/mol. The molecule has 0 atom stereocenters. The summed E-state index contributed by atoms with van der Waals surface area (Å²) in [6.07, 6.45) is 2.22. The number of ether oxygens (including phenoxy) is 1. The molecule has 0 unspecified atom stereocenters. The van der Waals surface area contributed by atoms with Crippen molar-refractivity contribution < 1.29 is 4.74 Å². The zero-order valence-corrected chi connectivity index (χ0v) is 9.79. The maximum Gasteiger partial charge on any atom is 0.119 e. The van der Waals surface area contributed by atoms with Crippen LogP contribution in [0.2, 0.25) is 0 Å². The SMILES string of the molecule is CCCc1cc(N)c2cc(OC)ccc2c1. The maximum absolute atomic E-state index is 6.06. The molecule has 16 heavy (non-hydrogen) atoms. The number of hydrogen-bond acceptors (Lipinski definition) is 2. The molecule has 0 heterocycles. The molecule has 0 fully saturated rings. The van der Waals surface area contributed by atoms with Crippen LogP contribution in [-0.2, 0) is 6.42 Å². The van der Waals surface area contributed by atoms with Gasteiger partial charge in [0.15, 0.2) is 0 Å². The van der Waals surface area contributed by atoms with Crippen molar-refractivity contribution >= 4 is 16.5 Å². The molecular weight excluding hydrogens is 198 g/mol. The molecule has 0 aliphatic carbocycles. The van der Waals surface area contributed by atoms with Gasteiger partial charge in [-0.05, 0) is 35.6 Å². The minimum absolute atomic E-state index is 0.833. The Morgan fingerprint density at radius 2 is 2.00 bits per heavy atom. The van der Waals surface area contributed by atoms with Crippen LogP contribution in [0.1, 0.15) is 18.9 Å². The highest BCUT2D eigenvalue weighted by Gasteiger charge is 2.02. The largest absolute Gasteiger partial charge is 0.497 e. The molecule has 2 aromatic rings. The van der Waals surface area contributed by atoms with Crippen LogP contribution < -0.4 is 10.5 Å². The smallest absolute Gasteiger partial charge is 0.119 e. The predicted octanol–water partition coefficient (Wildman–Crippen LogP) is 3.38. The molecule has 2 N–H and O–H groups in total. The summed E-state index contributed by atoms with van der Waals surface area (Å²) in [6.45, 7) is 2.18. The zero-order chi connectivity index (χ0) is 11.5. The van der Waals surface area contributed by atoms with Crippen LogP contribution in [0.3, 0.4) is 0 Å². The number of benzene rings is 2. The fourth-order valence-corrected chi connectivity index (χ4v) is 1.99. The van der Waals surface area contributed by atoms with E-state index < -0.39 is 0 Å². The van der Waals surface area contributed by atoms with Gasteiger partial charge in [-0.2, -0.15) is 0 Å². The average molecular weight is 215 g/mol. The fourth-order valence-electron chi connectivity index (χ4n) is 1.99. The number of anilines is 1. The second-order valence-corrected chi connectivity index (χ2v) is 4.02. The molecule has 2 heteroatoms. The van der Waals surface area contributed by atoms with Gasteiger partial charge >= 0.3 is 0 Å². The lowest BCUT2D eigenvalue weighted by Crippen LogP contribution is -1.92. The highest BCUT2D eigenvalue weighted by atomic mass is 16.5. The van der Waals surface area contributed by atoms with E-state index in [2.05, 4.69) is 25.1 Å². The van der Waals surface area contributed by atoms with Crippen molar-refractivity contribution in [3.8, 4) is 5.75 Å². The van der Waals surface area contributed by atoms with Gasteiger partial charge in [0.25, 0.3) is 0 Å². The Kier molecular flexibility index (Phi) is 3.00. The number of methoxy groups -OCH3 is 1. The van der Waals surface area contributed by atoms with Gasteiger partial charge in [-0.25, -0.2) is 0 Å². The molecule has 0 aliphatic heterocycles. The van der Waals surface area contributed by atoms with Crippen LogP contribution in [0.5, 0.6) is 5.75 Å². The first kappa shape index (κ1) is 10.8. The lowest BCUT2D eigenvalue weighted by Gasteiger charge is -2.08. The van der Waals surface area contributed by atoms with Gasteiger partial charge in [0, 0.05) is 11.1 Å².